The molecule has 16 heavy (non-hydrogen) atoms. The van der Waals surface area contributed by atoms with E-state index in [2.05, 4.69) is 22.2 Å². The summed E-state index contributed by atoms with van der Waals surface area (Å²) in [6.45, 7) is 5.73. The molecule has 1 aromatic heterocycles. The van der Waals surface area contributed by atoms with Crippen LogP contribution in [-0.4, -0.2) is 28.7 Å². The Bertz CT molecular complexity index is 343. The Balaban J connectivity index is 1.82. The van der Waals surface area contributed by atoms with Crippen LogP contribution in [0.25, 0.3) is 0 Å². The van der Waals surface area contributed by atoms with Gasteiger partial charge >= 0.3 is 0 Å². The second-order valence-corrected chi connectivity index (χ2v) is 4.38. The van der Waals surface area contributed by atoms with Crippen LogP contribution in [0.4, 0.5) is 0 Å². The molecule has 0 aliphatic carbocycles. The minimum Gasteiger partial charge on any atom is -0.378 e. The predicted octanol–water partition coefficient (Wildman–Crippen LogP) is 1.44. The van der Waals surface area contributed by atoms with Crippen molar-refractivity contribution in [3.05, 3.63) is 23.8 Å². The Hall–Kier alpha value is -1.00. The van der Waals surface area contributed by atoms with Crippen LogP contribution in [0.2, 0.25) is 0 Å². The number of hydrogen-bond donors (Lipinski definition) is 1. The Morgan fingerprint density at radius 1 is 1.56 bits per heavy atom. The maximum atomic E-state index is 5.51. The number of nitrogens with zero attached hydrogens (tertiary/aromatic N) is 2. The van der Waals surface area contributed by atoms with Gasteiger partial charge in [0, 0.05) is 25.4 Å². The number of ether oxygens (including phenoxy) is 1. The zero-order valence-corrected chi connectivity index (χ0v) is 9.94. The molecule has 0 aromatic carbocycles. The van der Waals surface area contributed by atoms with Gasteiger partial charge in [0.2, 0.25) is 0 Å². The second kappa shape index (κ2) is 5.37. The van der Waals surface area contributed by atoms with Gasteiger partial charge < -0.3 is 10.1 Å². The molecule has 2 atom stereocenters. The van der Waals surface area contributed by atoms with Crippen molar-refractivity contribution in [2.75, 3.05) is 6.61 Å². The van der Waals surface area contributed by atoms with Crippen LogP contribution in [0.1, 0.15) is 31.3 Å². The van der Waals surface area contributed by atoms with Gasteiger partial charge in [-0.15, -0.1) is 0 Å². The largest absolute Gasteiger partial charge is 0.378 e. The van der Waals surface area contributed by atoms with Gasteiger partial charge in [-0.2, -0.15) is 0 Å². The van der Waals surface area contributed by atoms with Crippen molar-refractivity contribution in [3.8, 4) is 0 Å². The Labute approximate surface area is 96.4 Å². The van der Waals surface area contributed by atoms with E-state index in [4.69, 9.17) is 4.74 Å². The number of aryl methyl sites for hydroxylation is 1. The molecule has 1 N–H and O–H groups in total. The summed E-state index contributed by atoms with van der Waals surface area (Å²) in [6, 6.07) is 2.52. The molecule has 0 spiro atoms. The number of hydrogen-bond acceptors (Lipinski definition) is 4. The molecule has 2 heterocycles. The van der Waals surface area contributed by atoms with Crippen LogP contribution < -0.4 is 5.32 Å². The van der Waals surface area contributed by atoms with E-state index >= 15 is 0 Å². The summed E-state index contributed by atoms with van der Waals surface area (Å²) in [5.41, 5.74) is 1.06. The molecule has 88 valence electrons. The number of rotatable bonds is 3. The highest BCUT2D eigenvalue weighted by molar-refractivity contribution is 5.01. The lowest BCUT2D eigenvalue weighted by Crippen LogP contribution is -2.37. The van der Waals surface area contributed by atoms with Crippen molar-refractivity contribution < 1.29 is 4.74 Å². The average Bonchev–Trinajstić information content (AvgIpc) is 2.27. The quantitative estimate of drug-likeness (QED) is 0.839. The lowest BCUT2D eigenvalue weighted by Gasteiger charge is -2.27. The third-order valence-electron chi connectivity index (χ3n) is 2.89. The smallest absolute Gasteiger partial charge is 0.125 e. The Morgan fingerprint density at radius 2 is 2.44 bits per heavy atom. The molecule has 1 aliphatic heterocycles. The van der Waals surface area contributed by atoms with E-state index in [1.165, 1.54) is 0 Å². The molecule has 0 saturated carbocycles. The molecule has 1 aromatic rings. The molecule has 4 heteroatoms. The van der Waals surface area contributed by atoms with Crippen LogP contribution in [-0.2, 0) is 11.3 Å². The predicted molar refractivity (Wildman–Crippen MR) is 62.0 cm³/mol. The minimum atomic E-state index is 0.374. The summed E-state index contributed by atoms with van der Waals surface area (Å²) in [6.07, 6.45) is 4.36. The highest BCUT2D eigenvalue weighted by atomic mass is 16.5. The molecule has 4 nitrogen and oxygen atoms in total. The van der Waals surface area contributed by atoms with Gasteiger partial charge in [-0.05, 0) is 32.8 Å². The molecule has 1 saturated heterocycles. The first-order valence-corrected chi connectivity index (χ1v) is 5.87. The summed E-state index contributed by atoms with van der Waals surface area (Å²) in [7, 11) is 0. The van der Waals surface area contributed by atoms with E-state index < -0.39 is 0 Å². The minimum absolute atomic E-state index is 0.374. The van der Waals surface area contributed by atoms with Gasteiger partial charge in [0.1, 0.15) is 5.82 Å². The number of nitrogens with one attached hydrogen (secondary N) is 1. The van der Waals surface area contributed by atoms with Gasteiger partial charge in [-0.1, -0.05) is 0 Å². The standard InChI is InChI=1S/C12H19N3O/c1-9-7-11(4-6-16-9)14-8-12-3-5-13-10(2)15-12/h3,5,9,11,14H,4,6-8H2,1-2H3. The number of aromatic nitrogens is 2. The highest BCUT2D eigenvalue weighted by Crippen LogP contribution is 2.13. The molecule has 1 aliphatic rings. The zero-order chi connectivity index (χ0) is 11.4. The first-order valence-electron chi connectivity index (χ1n) is 5.87. The molecule has 2 unspecified atom stereocenters. The van der Waals surface area contributed by atoms with E-state index in [0.717, 1.165) is 37.5 Å². The van der Waals surface area contributed by atoms with Gasteiger partial charge in [0.25, 0.3) is 0 Å². The van der Waals surface area contributed by atoms with E-state index in [0.29, 0.717) is 12.1 Å². The molecular formula is C12H19N3O. The SMILES string of the molecule is Cc1nccc(CNC2CCOC(C)C2)n1. The first kappa shape index (κ1) is 11.5. The Morgan fingerprint density at radius 3 is 3.19 bits per heavy atom. The normalized spacial score (nSPS) is 25.6. The summed E-state index contributed by atoms with van der Waals surface area (Å²) >= 11 is 0. The molecule has 0 bridgehead atoms. The monoisotopic (exact) mass is 221 g/mol. The van der Waals surface area contributed by atoms with Crippen LogP contribution in [0.5, 0.6) is 0 Å². The second-order valence-electron chi connectivity index (χ2n) is 4.38. The molecular weight excluding hydrogens is 202 g/mol. The van der Waals surface area contributed by atoms with Gasteiger partial charge in [-0.25, -0.2) is 9.97 Å². The van der Waals surface area contributed by atoms with E-state index in [9.17, 15) is 0 Å². The van der Waals surface area contributed by atoms with Crippen LogP contribution in [0.15, 0.2) is 12.3 Å². The molecule has 0 amide bonds. The van der Waals surface area contributed by atoms with Crippen molar-refractivity contribution in [2.45, 2.75) is 45.4 Å². The summed E-state index contributed by atoms with van der Waals surface area (Å²) in [4.78, 5) is 8.46. The topological polar surface area (TPSA) is 47.0 Å². The van der Waals surface area contributed by atoms with Crippen molar-refractivity contribution >= 4 is 0 Å². The maximum absolute atomic E-state index is 5.51. The van der Waals surface area contributed by atoms with Gasteiger partial charge in [0.05, 0.1) is 11.8 Å². The van der Waals surface area contributed by atoms with Crippen LogP contribution in [0, 0.1) is 6.92 Å². The van der Waals surface area contributed by atoms with Crippen molar-refractivity contribution in [2.24, 2.45) is 0 Å². The van der Waals surface area contributed by atoms with Crippen LogP contribution in [0.3, 0.4) is 0 Å². The van der Waals surface area contributed by atoms with E-state index in [-0.39, 0.29) is 0 Å². The fourth-order valence-electron chi connectivity index (χ4n) is 2.04. The summed E-state index contributed by atoms with van der Waals surface area (Å²) < 4.78 is 5.51. The van der Waals surface area contributed by atoms with Gasteiger partial charge in [0.15, 0.2) is 0 Å². The lowest BCUT2D eigenvalue weighted by molar-refractivity contribution is 0.0130. The molecule has 1 fully saturated rings. The van der Waals surface area contributed by atoms with E-state index in [1.807, 2.05) is 19.2 Å². The Kier molecular flexibility index (Phi) is 3.85. The first-order chi connectivity index (χ1) is 7.74. The summed E-state index contributed by atoms with van der Waals surface area (Å²) in [5, 5.41) is 3.53. The van der Waals surface area contributed by atoms with Crippen molar-refractivity contribution in [1.29, 1.82) is 0 Å². The highest BCUT2D eigenvalue weighted by Gasteiger charge is 2.18. The average molecular weight is 221 g/mol. The fraction of sp³-hybridized carbons (Fsp3) is 0.667. The third kappa shape index (κ3) is 3.25. The molecule has 2 rings (SSSR count). The maximum Gasteiger partial charge on any atom is 0.125 e. The van der Waals surface area contributed by atoms with Gasteiger partial charge in [-0.3, -0.25) is 0 Å². The van der Waals surface area contributed by atoms with Crippen molar-refractivity contribution in [1.82, 2.24) is 15.3 Å². The molecule has 0 radical (unpaired) electrons. The summed E-state index contributed by atoms with van der Waals surface area (Å²) in [5.74, 6) is 0.833. The van der Waals surface area contributed by atoms with E-state index in [1.54, 1.807) is 0 Å². The third-order valence-corrected chi connectivity index (χ3v) is 2.89. The lowest BCUT2D eigenvalue weighted by atomic mass is 10.0. The van der Waals surface area contributed by atoms with Crippen LogP contribution >= 0.6 is 0 Å². The zero-order valence-electron chi connectivity index (χ0n) is 9.94. The van der Waals surface area contributed by atoms with Crippen molar-refractivity contribution in [3.63, 3.8) is 0 Å². The fourth-order valence-corrected chi connectivity index (χ4v) is 2.04.